The fraction of sp³-hybridized carbons (Fsp3) is 0.333. The van der Waals surface area contributed by atoms with Gasteiger partial charge in [0, 0.05) is 18.1 Å². The molecule has 0 radical (unpaired) electrons. The van der Waals surface area contributed by atoms with Crippen LogP contribution < -0.4 is 30.0 Å². The predicted molar refractivity (Wildman–Crippen MR) is 108 cm³/mol. The number of rotatable bonds is 3. The van der Waals surface area contributed by atoms with Crippen molar-refractivity contribution in [3.05, 3.63) is 52.0 Å². The van der Waals surface area contributed by atoms with Crippen LogP contribution >= 0.6 is 11.6 Å². The average Bonchev–Trinajstić information content (AvgIpc) is 2.75. The van der Waals surface area contributed by atoms with Crippen LogP contribution in [0.3, 0.4) is 0 Å². The topological polar surface area (TPSA) is 53.9 Å². The Balaban J connectivity index is 1.60. The van der Waals surface area contributed by atoms with Crippen molar-refractivity contribution in [3.63, 3.8) is 0 Å². The molecule has 2 saturated heterocycles. The Morgan fingerprint density at radius 3 is 2.87 bits per heavy atom. The third kappa shape index (κ3) is 2.35. The van der Waals surface area contributed by atoms with E-state index in [4.69, 9.17) is 21.3 Å². The van der Waals surface area contributed by atoms with E-state index in [0.717, 1.165) is 10.6 Å². The monoisotopic (exact) mass is 431 g/mol. The number of nitrogens with zero attached hydrogens (tertiary/aromatic N) is 3. The maximum atomic E-state index is 13.4. The quantitative estimate of drug-likeness (QED) is 0.751. The Kier molecular flexibility index (Phi) is 3.79. The molecule has 0 aliphatic carbocycles. The van der Waals surface area contributed by atoms with E-state index in [9.17, 15) is 13.6 Å². The first-order valence-corrected chi connectivity index (χ1v) is 10.2. The molecule has 2 fully saturated rings. The molecule has 1 spiro atoms. The number of benzene rings is 2. The third-order valence-electron chi connectivity index (χ3n) is 6.47. The smallest absolute Gasteiger partial charge is 0.387 e. The summed E-state index contributed by atoms with van der Waals surface area (Å²) in [6.07, 6.45) is 1.67. The summed E-state index contributed by atoms with van der Waals surface area (Å²) in [7, 11) is 0. The maximum Gasteiger partial charge on any atom is 0.387 e. The Morgan fingerprint density at radius 1 is 1.30 bits per heavy atom. The summed E-state index contributed by atoms with van der Waals surface area (Å²) in [6.45, 7) is -1.15. The number of amides is 1. The van der Waals surface area contributed by atoms with E-state index < -0.39 is 6.61 Å². The van der Waals surface area contributed by atoms with Gasteiger partial charge in [-0.25, -0.2) is 4.48 Å². The standard InChI is InChI=1S/C21H18ClF2N4O2/c22-13-4-5-14-11(6-13)9-28-10-15(26-14)19(28)27(20(29)12-7-25-8-12)16-2-1-3-17(18(16)28)30-21(23)24/h1-6,9,12,15,19,21,25H,7-8,10H2/q+1/t15-,19?,28+/m1/s1. The molecule has 4 aliphatic heterocycles. The van der Waals surface area contributed by atoms with E-state index in [1.54, 1.807) is 23.1 Å². The number of hydrogen-bond acceptors (Lipinski definition) is 4. The van der Waals surface area contributed by atoms with Crippen molar-refractivity contribution in [1.82, 2.24) is 9.80 Å². The number of alkyl halides is 2. The van der Waals surface area contributed by atoms with Gasteiger partial charge in [-0.05, 0) is 30.3 Å². The van der Waals surface area contributed by atoms with Gasteiger partial charge in [-0.15, -0.1) is 0 Å². The highest BCUT2D eigenvalue weighted by atomic mass is 35.5. The first kappa shape index (κ1) is 18.2. The summed E-state index contributed by atoms with van der Waals surface area (Å²) in [5.41, 5.74) is 1.21. The Hall–Kier alpha value is -2.55. The fourth-order valence-electron chi connectivity index (χ4n) is 5.12. The number of carbonyl (C=O) groups is 1. The first-order valence-electron chi connectivity index (χ1n) is 9.84. The normalized spacial score (nSPS) is 28.2. The molecule has 2 bridgehead atoms. The molecule has 0 saturated carbocycles. The van der Waals surface area contributed by atoms with Gasteiger partial charge in [0.2, 0.25) is 17.8 Å². The van der Waals surface area contributed by atoms with Crippen LogP contribution in [0.5, 0.6) is 5.75 Å². The van der Waals surface area contributed by atoms with Crippen LogP contribution in [0, 0.1) is 5.92 Å². The largest absolute Gasteiger partial charge is 0.428 e. The minimum atomic E-state index is -2.95. The molecule has 9 heteroatoms. The van der Waals surface area contributed by atoms with E-state index in [0.29, 0.717) is 36.0 Å². The Bertz CT molecular complexity index is 1200. The molecule has 4 heterocycles. The number of anilines is 1. The molecule has 2 aromatic carbocycles. The van der Waals surface area contributed by atoms with Crippen molar-refractivity contribution in [2.24, 2.45) is 10.9 Å². The van der Waals surface area contributed by atoms with Crippen molar-refractivity contribution in [2.45, 2.75) is 18.8 Å². The molecular weight excluding hydrogens is 414 g/mol. The van der Waals surface area contributed by atoms with E-state index in [1.807, 2.05) is 18.3 Å². The van der Waals surface area contributed by atoms with Gasteiger partial charge in [-0.2, -0.15) is 8.78 Å². The minimum Gasteiger partial charge on any atom is -0.428 e. The van der Waals surface area contributed by atoms with Crippen LogP contribution in [-0.4, -0.2) is 44.4 Å². The molecule has 6 rings (SSSR count). The van der Waals surface area contributed by atoms with Crippen molar-refractivity contribution in [3.8, 4) is 5.75 Å². The molecule has 6 nitrogen and oxygen atoms in total. The highest BCUT2D eigenvalue weighted by Crippen LogP contribution is 2.57. The SMILES string of the molecule is O=C(C1CNC1)N1c2cccc(OC(F)F)c2[N@+]23C=c4cc(Cl)ccc4=N[C@H](C2)C13. The maximum absolute atomic E-state index is 13.4. The molecule has 1 unspecified atom stereocenters. The lowest BCUT2D eigenvalue weighted by Crippen LogP contribution is -2.75. The van der Waals surface area contributed by atoms with Crippen molar-refractivity contribution in [1.29, 1.82) is 0 Å². The van der Waals surface area contributed by atoms with E-state index in [1.165, 1.54) is 6.07 Å². The van der Waals surface area contributed by atoms with Crippen LogP contribution in [0.2, 0.25) is 5.02 Å². The lowest BCUT2D eigenvalue weighted by Gasteiger charge is -2.49. The molecule has 2 aromatic rings. The molecule has 154 valence electrons. The lowest BCUT2D eigenvalue weighted by atomic mass is 9.97. The van der Waals surface area contributed by atoms with Crippen molar-refractivity contribution in [2.75, 3.05) is 24.5 Å². The Labute approximate surface area is 175 Å². The van der Waals surface area contributed by atoms with Crippen LogP contribution in [0.1, 0.15) is 0 Å². The van der Waals surface area contributed by atoms with Gasteiger partial charge in [-0.1, -0.05) is 17.7 Å². The third-order valence-corrected chi connectivity index (χ3v) is 6.71. The zero-order chi connectivity index (χ0) is 20.6. The summed E-state index contributed by atoms with van der Waals surface area (Å²) in [4.78, 5) is 20.0. The molecule has 0 aromatic heterocycles. The first-order chi connectivity index (χ1) is 14.5. The second-order valence-corrected chi connectivity index (χ2v) is 8.56. The highest BCUT2D eigenvalue weighted by Gasteiger charge is 2.67. The van der Waals surface area contributed by atoms with Crippen LogP contribution in [0.15, 0.2) is 41.4 Å². The molecule has 3 atom stereocenters. The van der Waals surface area contributed by atoms with Crippen LogP contribution in [-0.2, 0) is 4.79 Å². The van der Waals surface area contributed by atoms with Crippen molar-refractivity contribution >= 4 is 35.1 Å². The van der Waals surface area contributed by atoms with E-state index >= 15 is 0 Å². The zero-order valence-corrected chi connectivity index (χ0v) is 16.5. The second-order valence-electron chi connectivity index (χ2n) is 8.12. The fourth-order valence-corrected chi connectivity index (χ4v) is 5.30. The number of nitrogens with one attached hydrogen (secondary N) is 1. The number of para-hydroxylation sites is 1. The number of ether oxygens (including phenoxy) is 1. The number of halogens is 3. The van der Waals surface area contributed by atoms with Gasteiger partial charge < -0.3 is 10.1 Å². The summed E-state index contributed by atoms with van der Waals surface area (Å²) in [5.74, 6) is -0.0439. The minimum absolute atomic E-state index is 0.00788. The number of fused-ring (bicyclic) bond motifs is 4. The molecular formula is C21H18ClF2N4O2+. The van der Waals surface area contributed by atoms with Gasteiger partial charge in [0.25, 0.3) is 0 Å². The molecule has 1 amide bonds. The van der Waals surface area contributed by atoms with Gasteiger partial charge in [0.1, 0.15) is 18.4 Å². The second kappa shape index (κ2) is 6.23. The molecule has 1 N–H and O–H groups in total. The van der Waals surface area contributed by atoms with Gasteiger partial charge in [-0.3, -0.25) is 14.7 Å². The van der Waals surface area contributed by atoms with Crippen LogP contribution in [0.25, 0.3) is 6.20 Å². The van der Waals surface area contributed by atoms with Gasteiger partial charge >= 0.3 is 6.61 Å². The van der Waals surface area contributed by atoms with Gasteiger partial charge in [0.05, 0.1) is 16.5 Å². The number of hydrogen-bond donors (Lipinski definition) is 1. The highest BCUT2D eigenvalue weighted by molar-refractivity contribution is 6.30. The zero-order valence-electron chi connectivity index (χ0n) is 15.8. The number of carbonyl (C=O) groups excluding carboxylic acids is 1. The predicted octanol–water partition coefficient (Wildman–Crippen LogP) is 1.59. The summed E-state index contributed by atoms with van der Waals surface area (Å²) < 4.78 is 31.5. The number of quaternary nitrogens is 1. The lowest BCUT2D eigenvalue weighted by molar-refractivity contribution is -0.125. The van der Waals surface area contributed by atoms with Crippen molar-refractivity contribution < 1.29 is 18.3 Å². The molecule has 30 heavy (non-hydrogen) atoms. The average molecular weight is 432 g/mol. The van der Waals surface area contributed by atoms with Crippen LogP contribution in [0.4, 0.5) is 20.2 Å². The van der Waals surface area contributed by atoms with E-state index in [2.05, 4.69) is 5.32 Å². The summed E-state index contributed by atoms with van der Waals surface area (Å²) >= 11 is 6.22. The molecule has 4 aliphatic rings. The Morgan fingerprint density at radius 2 is 2.13 bits per heavy atom. The van der Waals surface area contributed by atoms with E-state index in [-0.39, 0.29) is 34.3 Å². The van der Waals surface area contributed by atoms with Gasteiger partial charge in [0.15, 0.2) is 11.8 Å². The summed E-state index contributed by atoms with van der Waals surface area (Å²) in [5, 5.41) is 5.32. The summed E-state index contributed by atoms with van der Waals surface area (Å²) in [6, 6.07) is 10.3.